The zero-order valence-electron chi connectivity index (χ0n) is 7.87. The summed E-state index contributed by atoms with van der Waals surface area (Å²) in [5, 5.41) is 6.67. The van der Waals surface area contributed by atoms with Crippen LogP contribution < -0.4 is 5.32 Å². The van der Waals surface area contributed by atoms with Gasteiger partial charge in [0.25, 0.3) is 0 Å². The standard InChI is InChI=1S/C9H16N2S/c1-4-7(2)11-8(3)9-10-5-6-12-9/h5-8,11H,4H2,1-3H3/t7-,8-/m0/s1. The SMILES string of the molecule is CC[C@H](C)N[C@@H](C)c1nccs1. The van der Waals surface area contributed by atoms with Gasteiger partial charge in [0.1, 0.15) is 5.01 Å². The molecule has 0 aliphatic heterocycles. The highest BCUT2D eigenvalue weighted by Gasteiger charge is 2.09. The van der Waals surface area contributed by atoms with Crippen LogP contribution in [-0.4, -0.2) is 11.0 Å². The fraction of sp³-hybridized carbons (Fsp3) is 0.667. The average Bonchev–Trinajstić information content (AvgIpc) is 2.56. The van der Waals surface area contributed by atoms with E-state index in [-0.39, 0.29) is 0 Å². The van der Waals surface area contributed by atoms with E-state index in [1.165, 1.54) is 5.01 Å². The van der Waals surface area contributed by atoms with E-state index in [0.717, 1.165) is 6.42 Å². The number of thiazole rings is 1. The van der Waals surface area contributed by atoms with Crippen LogP contribution in [0.2, 0.25) is 0 Å². The van der Waals surface area contributed by atoms with E-state index >= 15 is 0 Å². The van der Waals surface area contributed by atoms with Crippen molar-refractivity contribution in [2.24, 2.45) is 0 Å². The highest BCUT2D eigenvalue weighted by atomic mass is 32.1. The quantitative estimate of drug-likeness (QED) is 0.778. The smallest absolute Gasteiger partial charge is 0.109 e. The molecule has 12 heavy (non-hydrogen) atoms. The number of nitrogens with zero attached hydrogens (tertiary/aromatic N) is 1. The molecule has 0 bridgehead atoms. The van der Waals surface area contributed by atoms with Gasteiger partial charge in [0.05, 0.1) is 6.04 Å². The van der Waals surface area contributed by atoms with Gasteiger partial charge in [-0.15, -0.1) is 11.3 Å². The first kappa shape index (κ1) is 9.68. The summed E-state index contributed by atoms with van der Waals surface area (Å²) in [5.74, 6) is 0. The Morgan fingerprint density at radius 1 is 1.58 bits per heavy atom. The fourth-order valence-electron chi connectivity index (χ4n) is 1.06. The van der Waals surface area contributed by atoms with Gasteiger partial charge in [-0.2, -0.15) is 0 Å². The van der Waals surface area contributed by atoms with Crippen molar-refractivity contribution >= 4 is 11.3 Å². The second-order valence-electron chi connectivity index (χ2n) is 3.07. The van der Waals surface area contributed by atoms with Crippen LogP contribution in [0, 0.1) is 0 Å². The van der Waals surface area contributed by atoms with Crippen LogP contribution in [-0.2, 0) is 0 Å². The molecule has 0 unspecified atom stereocenters. The number of rotatable bonds is 4. The van der Waals surface area contributed by atoms with Gasteiger partial charge in [0.2, 0.25) is 0 Å². The molecule has 0 radical (unpaired) electrons. The maximum atomic E-state index is 4.26. The minimum atomic E-state index is 0.389. The molecule has 68 valence electrons. The normalized spacial score (nSPS) is 15.9. The van der Waals surface area contributed by atoms with Crippen LogP contribution in [0.5, 0.6) is 0 Å². The van der Waals surface area contributed by atoms with E-state index in [1.807, 2.05) is 11.6 Å². The van der Waals surface area contributed by atoms with Gasteiger partial charge in [0.15, 0.2) is 0 Å². The van der Waals surface area contributed by atoms with Crippen LogP contribution in [0.1, 0.15) is 38.2 Å². The van der Waals surface area contributed by atoms with Crippen molar-refractivity contribution in [3.63, 3.8) is 0 Å². The Hall–Kier alpha value is -0.410. The maximum absolute atomic E-state index is 4.26. The average molecular weight is 184 g/mol. The molecular weight excluding hydrogens is 168 g/mol. The fourth-order valence-corrected chi connectivity index (χ4v) is 1.72. The van der Waals surface area contributed by atoms with Crippen molar-refractivity contribution in [3.8, 4) is 0 Å². The summed E-state index contributed by atoms with van der Waals surface area (Å²) >= 11 is 1.71. The first-order valence-electron chi connectivity index (χ1n) is 4.39. The molecule has 0 aromatic carbocycles. The maximum Gasteiger partial charge on any atom is 0.109 e. The van der Waals surface area contributed by atoms with Gasteiger partial charge in [-0.25, -0.2) is 4.98 Å². The lowest BCUT2D eigenvalue weighted by molar-refractivity contribution is 0.468. The molecule has 2 atom stereocenters. The Labute approximate surface area is 78.0 Å². The van der Waals surface area contributed by atoms with Gasteiger partial charge in [-0.05, 0) is 20.3 Å². The van der Waals surface area contributed by atoms with E-state index in [9.17, 15) is 0 Å². The predicted octanol–water partition coefficient (Wildman–Crippen LogP) is 2.59. The van der Waals surface area contributed by atoms with Crippen LogP contribution >= 0.6 is 11.3 Å². The van der Waals surface area contributed by atoms with Gasteiger partial charge in [-0.1, -0.05) is 6.92 Å². The molecule has 0 saturated heterocycles. The van der Waals surface area contributed by atoms with Crippen molar-refractivity contribution in [3.05, 3.63) is 16.6 Å². The van der Waals surface area contributed by atoms with Crippen molar-refractivity contribution in [1.82, 2.24) is 10.3 Å². The van der Waals surface area contributed by atoms with Gasteiger partial charge >= 0.3 is 0 Å². The van der Waals surface area contributed by atoms with Crippen LogP contribution in [0.15, 0.2) is 11.6 Å². The Bertz CT molecular complexity index is 208. The first-order chi connectivity index (χ1) is 5.74. The van der Waals surface area contributed by atoms with E-state index in [4.69, 9.17) is 0 Å². The van der Waals surface area contributed by atoms with E-state index in [0.29, 0.717) is 12.1 Å². The van der Waals surface area contributed by atoms with Crippen molar-refractivity contribution in [2.75, 3.05) is 0 Å². The topological polar surface area (TPSA) is 24.9 Å². The van der Waals surface area contributed by atoms with Crippen LogP contribution in [0.25, 0.3) is 0 Å². The summed E-state index contributed by atoms with van der Waals surface area (Å²) in [7, 11) is 0. The summed E-state index contributed by atoms with van der Waals surface area (Å²) in [6, 6.07) is 0.962. The summed E-state index contributed by atoms with van der Waals surface area (Å²) < 4.78 is 0. The van der Waals surface area contributed by atoms with E-state index in [1.54, 1.807) is 11.3 Å². The molecule has 0 amide bonds. The van der Waals surface area contributed by atoms with E-state index in [2.05, 4.69) is 31.1 Å². The lowest BCUT2D eigenvalue weighted by Crippen LogP contribution is -2.27. The third kappa shape index (κ3) is 2.57. The van der Waals surface area contributed by atoms with Crippen LogP contribution in [0.4, 0.5) is 0 Å². The number of hydrogen-bond donors (Lipinski definition) is 1. The molecule has 2 nitrogen and oxygen atoms in total. The molecule has 0 spiro atoms. The molecule has 1 aromatic heterocycles. The van der Waals surface area contributed by atoms with Gasteiger partial charge < -0.3 is 5.32 Å². The summed E-state index contributed by atoms with van der Waals surface area (Å²) in [4.78, 5) is 4.26. The molecule has 0 saturated carbocycles. The number of aromatic nitrogens is 1. The van der Waals surface area contributed by atoms with Gasteiger partial charge in [0, 0.05) is 17.6 Å². The summed E-state index contributed by atoms with van der Waals surface area (Å²) in [6.45, 7) is 6.54. The summed E-state index contributed by atoms with van der Waals surface area (Å²) in [6.07, 6.45) is 3.02. The molecule has 0 aliphatic carbocycles. The Morgan fingerprint density at radius 3 is 2.83 bits per heavy atom. The molecule has 1 rings (SSSR count). The largest absolute Gasteiger partial charge is 0.306 e. The Morgan fingerprint density at radius 2 is 2.33 bits per heavy atom. The second kappa shape index (κ2) is 4.58. The molecule has 1 heterocycles. The minimum absolute atomic E-state index is 0.389. The molecular formula is C9H16N2S. The highest BCUT2D eigenvalue weighted by Crippen LogP contribution is 2.15. The lowest BCUT2D eigenvalue weighted by Gasteiger charge is -2.16. The van der Waals surface area contributed by atoms with Crippen molar-refractivity contribution in [2.45, 2.75) is 39.3 Å². The Kier molecular flexibility index (Phi) is 3.69. The Balaban J connectivity index is 2.44. The molecule has 1 N–H and O–H groups in total. The highest BCUT2D eigenvalue weighted by molar-refractivity contribution is 7.09. The number of nitrogens with one attached hydrogen (secondary N) is 1. The first-order valence-corrected chi connectivity index (χ1v) is 5.27. The third-order valence-corrected chi connectivity index (χ3v) is 2.93. The molecule has 3 heteroatoms. The monoisotopic (exact) mass is 184 g/mol. The molecule has 0 aliphatic rings. The predicted molar refractivity (Wildman–Crippen MR) is 53.4 cm³/mol. The third-order valence-electron chi connectivity index (χ3n) is 1.97. The number of hydrogen-bond acceptors (Lipinski definition) is 3. The summed E-state index contributed by atoms with van der Waals surface area (Å²) in [5.41, 5.74) is 0. The molecule has 1 aromatic rings. The van der Waals surface area contributed by atoms with Gasteiger partial charge in [-0.3, -0.25) is 0 Å². The molecule has 0 fully saturated rings. The zero-order valence-corrected chi connectivity index (χ0v) is 8.69. The zero-order chi connectivity index (χ0) is 8.97. The van der Waals surface area contributed by atoms with E-state index < -0.39 is 0 Å². The second-order valence-corrected chi connectivity index (χ2v) is 3.99. The minimum Gasteiger partial charge on any atom is -0.306 e. The van der Waals surface area contributed by atoms with Crippen molar-refractivity contribution in [1.29, 1.82) is 0 Å². The van der Waals surface area contributed by atoms with Crippen LogP contribution in [0.3, 0.4) is 0 Å². The van der Waals surface area contributed by atoms with Crippen molar-refractivity contribution < 1.29 is 0 Å². The lowest BCUT2D eigenvalue weighted by atomic mass is 10.2.